The molecule has 26 heavy (non-hydrogen) atoms. The highest BCUT2D eigenvalue weighted by Gasteiger charge is 2.18. The van der Waals surface area contributed by atoms with E-state index in [9.17, 15) is 8.42 Å². The van der Waals surface area contributed by atoms with E-state index in [0.717, 1.165) is 11.1 Å². The van der Waals surface area contributed by atoms with Crippen LogP contribution in [0.5, 0.6) is 0 Å². The van der Waals surface area contributed by atoms with Gasteiger partial charge >= 0.3 is 0 Å². The van der Waals surface area contributed by atoms with Crippen molar-refractivity contribution in [2.45, 2.75) is 37.6 Å². The number of sulfonamides is 1. The maximum atomic E-state index is 12.4. The van der Waals surface area contributed by atoms with Crippen LogP contribution in [0.4, 0.5) is 0 Å². The zero-order valence-electron chi connectivity index (χ0n) is 14.8. The Kier molecular flexibility index (Phi) is 4.88. The molecule has 0 saturated heterocycles. The Labute approximate surface area is 152 Å². The van der Waals surface area contributed by atoms with E-state index in [2.05, 4.69) is 40.7 Å². The van der Waals surface area contributed by atoms with Crippen molar-refractivity contribution in [2.24, 2.45) is 0 Å². The third-order valence-corrected chi connectivity index (χ3v) is 5.26. The Morgan fingerprint density at radius 2 is 1.65 bits per heavy atom. The molecule has 0 radical (unpaired) electrons. The van der Waals surface area contributed by atoms with Gasteiger partial charge in [-0.3, -0.25) is 4.98 Å². The van der Waals surface area contributed by atoms with Crippen molar-refractivity contribution in [2.75, 3.05) is 0 Å². The first kappa shape index (κ1) is 18.2. The Bertz CT molecular complexity index is 975. The molecule has 0 unspecified atom stereocenters. The molecule has 0 fully saturated rings. The molecule has 0 spiro atoms. The van der Waals surface area contributed by atoms with E-state index < -0.39 is 10.0 Å². The second-order valence-electron chi connectivity index (χ2n) is 6.84. The maximum absolute atomic E-state index is 12.4. The second kappa shape index (κ2) is 6.97. The predicted molar refractivity (Wildman–Crippen MR) is 96.7 cm³/mol. The fourth-order valence-electron chi connectivity index (χ4n) is 2.31. The number of benzene rings is 1. The van der Waals surface area contributed by atoms with Gasteiger partial charge in [-0.2, -0.15) is 0 Å². The largest absolute Gasteiger partial charge is 0.419 e. The summed E-state index contributed by atoms with van der Waals surface area (Å²) >= 11 is 0. The predicted octanol–water partition coefficient (Wildman–Crippen LogP) is 2.91. The van der Waals surface area contributed by atoms with E-state index in [1.165, 1.54) is 0 Å². The molecule has 0 atom stereocenters. The number of nitrogens with zero attached hydrogens (tertiary/aromatic N) is 3. The minimum Gasteiger partial charge on any atom is -0.419 e. The van der Waals surface area contributed by atoms with Crippen LogP contribution >= 0.6 is 0 Å². The molecule has 0 bridgehead atoms. The Morgan fingerprint density at radius 3 is 2.27 bits per heavy atom. The number of rotatable bonds is 5. The van der Waals surface area contributed by atoms with Crippen molar-refractivity contribution >= 4 is 10.0 Å². The third kappa shape index (κ3) is 4.14. The summed E-state index contributed by atoms with van der Waals surface area (Å²) < 4.78 is 32.8. The number of hydrogen-bond acceptors (Lipinski definition) is 6. The van der Waals surface area contributed by atoms with Crippen LogP contribution in [-0.4, -0.2) is 23.6 Å². The third-order valence-electron chi connectivity index (χ3n) is 3.84. The molecule has 2 heterocycles. The highest BCUT2D eigenvalue weighted by atomic mass is 32.2. The van der Waals surface area contributed by atoms with Gasteiger partial charge in [0.05, 0.1) is 11.4 Å². The second-order valence-corrected chi connectivity index (χ2v) is 8.60. The van der Waals surface area contributed by atoms with Crippen LogP contribution in [0.15, 0.2) is 58.1 Å². The molecule has 3 rings (SSSR count). The van der Waals surface area contributed by atoms with E-state index in [0.29, 0.717) is 5.89 Å². The molecule has 0 aliphatic heterocycles. The van der Waals surface area contributed by atoms with Gasteiger partial charge in [-0.25, -0.2) is 13.1 Å². The first-order valence-corrected chi connectivity index (χ1v) is 9.57. The lowest BCUT2D eigenvalue weighted by atomic mass is 9.87. The first-order chi connectivity index (χ1) is 12.3. The minimum atomic E-state index is -3.66. The molecule has 1 N–H and O–H groups in total. The smallest absolute Gasteiger partial charge is 0.247 e. The van der Waals surface area contributed by atoms with Crippen LogP contribution in [0.2, 0.25) is 0 Å². The molecule has 0 aliphatic carbocycles. The standard InChI is InChI=1S/C18H20N4O3S/c1-18(2,3)14-4-6-15(7-5-14)26(23,24)20-12-16-21-22-17(25-16)13-8-10-19-11-9-13/h4-11,20H,12H2,1-3H3. The van der Waals surface area contributed by atoms with Gasteiger partial charge in [0, 0.05) is 18.0 Å². The summed E-state index contributed by atoms with van der Waals surface area (Å²) in [5.74, 6) is 0.503. The van der Waals surface area contributed by atoms with Crippen molar-refractivity contribution < 1.29 is 12.8 Å². The molecule has 1 aromatic carbocycles. The highest BCUT2D eigenvalue weighted by molar-refractivity contribution is 7.89. The molecular weight excluding hydrogens is 352 g/mol. The summed E-state index contributed by atoms with van der Waals surface area (Å²) in [7, 11) is -3.66. The van der Waals surface area contributed by atoms with Crippen LogP contribution in [0, 0.1) is 0 Å². The maximum Gasteiger partial charge on any atom is 0.247 e. The minimum absolute atomic E-state index is 0.0389. The molecule has 136 valence electrons. The van der Waals surface area contributed by atoms with Gasteiger partial charge in [-0.15, -0.1) is 10.2 Å². The lowest BCUT2D eigenvalue weighted by Gasteiger charge is -2.19. The van der Waals surface area contributed by atoms with E-state index in [1.807, 2.05) is 12.1 Å². The van der Waals surface area contributed by atoms with Gasteiger partial charge in [0.15, 0.2) is 0 Å². The van der Waals surface area contributed by atoms with E-state index in [1.54, 1.807) is 36.7 Å². The normalized spacial score (nSPS) is 12.3. The summed E-state index contributed by atoms with van der Waals surface area (Å²) in [6.45, 7) is 6.14. The fraction of sp³-hybridized carbons (Fsp3) is 0.278. The number of aromatic nitrogens is 3. The van der Waals surface area contributed by atoms with Crippen LogP contribution in [0.1, 0.15) is 32.2 Å². The molecule has 7 nitrogen and oxygen atoms in total. The summed E-state index contributed by atoms with van der Waals surface area (Å²) in [5, 5.41) is 7.79. The van der Waals surface area contributed by atoms with Crippen LogP contribution < -0.4 is 4.72 Å². The lowest BCUT2D eigenvalue weighted by molar-refractivity contribution is 0.494. The monoisotopic (exact) mass is 372 g/mol. The van der Waals surface area contributed by atoms with Crippen molar-refractivity contribution in [3.63, 3.8) is 0 Å². The Hall–Kier alpha value is -2.58. The summed E-state index contributed by atoms with van der Waals surface area (Å²) in [5.41, 5.74) is 1.75. The van der Waals surface area contributed by atoms with Gasteiger partial charge in [0.1, 0.15) is 0 Å². The Balaban J connectivity index is 1.70. The fourth-order valence-corrected chi connectivity index (χ4v) is 3.28. The van der Waals surface area contributed by atoms with Crippen LogP contribution in [0.25, 0.3) is 11.5 Å². The summed E-state index contributed by atoms with van der Waals surface area (Å²) in [6, 6.07) is 10.3. The van der Waals surface area contributed by atoms with E-state index in [4.69, 9.17) is 4.42 Å². The lowest BCUT2D eigenvalue weighted by Crippen LogP contribution is -2.23. The SMILES string of the molecule is CC(C)(C)c1ccc(S(=O)(=O)NCc2nnc(-c3ccncc3)o2)cc1. The van der Waals surface area contributed by atoms with Crippen LogP contribution in [-0.2, 0) is 22.0 Å². The molecule has 0 amide bonds. The molecule has 3 aromatic rings. The molecule has 0 aliphatic rings. The number of hydrogen-bond donors (Lipinski definition) is 1. The van der Waals surface area contributed by atoms with Gasteiger partial charge in [-0.1, -0.05) is 32.9 Å². The van der Waals surface area contributed by atoms with Gasteiger partial charge in [0.2, 0.25) is 21.8 Å². The van der Waals surface area contributed by atoms with Crippen molar-refractivity contribution in [3.8, 4) is 11.5 Å². The molecule has 0 saturated carbocycles. The number of nitrogens with one attached hydrogen (secondary N) is 1. The number of pyridine rings is 1. The van der Waals surface area contributed by atoms with Crippen molar-refractivity contribution in [3.05, 3.63) is 60.2 Å². The van der Waals surface area contributed by atoms with Crippen molar-refractivity contribution in [1.82, 2.24) is 19.9 Å². The average Bonchev–Trinajstić information content (AvgIpc) is 3.09. The average molecular weight is 372 g/mol. The van der Waals surface area contributed by atoms with Crippen LogP contribution in [0.3, 0.4) is 0 Å². The zero-order chi connectivity index (χ0) is 18.8. The summed E-state index contributed by atoms with van der Waals surface area (Å²) in [6.07, 6.45) is 3.23. The Morgan fingerprint density at radius 1 is 1.00 bits per heavy atom. The van der Waals surface area contributed by atoms with Gasteiger partial charge in [-0.05, 0) is 35.2 Å². The van der Waals surface area contributed by atoms with Gasteiger partial charge in [0.25, 0.3) is 0 Å². The zero-order valence-corrected chi connectivity index (χ0v) is 15.6. The van der Waals surface area contributed by atoms with Gasteiger partial charge < -0.3 is 4.42 Å². The summed E-state index contributed by atoms with van der Waals surface area (Å²) in [4.78, 5) is 4.11. The highest BCUT2D eigenvalue weighted by Crippen LogP contribution is 2.23. The van der Waals surface area contributed by atoms with Crippen molar-refractivity contribution in [1.29, 1.82) is 0 Å². The van der Waals surface area contributed by atoms with E-state index in [-0.39, 0.29) is 22.7 Å². The molecule has 2 aromatic heterocycles. The molecule has 8 heteroatoms. The topological polar surface area (TPSA) is 98.0 Å². The molecular formula is C18H20N4O3S. The quantitative estimate of drug-likeness (QED) is 0.739. The van der Waals surface area contributed by atoms with E-state index >= 15 is 0 Å². The first-order valence-electron chi connectivity index (χ1n) is 8.09.